The highest BCUT2D eigenvalue weighted by Gasteiger charge is 2.36. The fourth-order valence-corrected chi connectivity index (χ4v) is 2.85. The van der Waals surface area contributed by atoms with Crippen LogP contribution in [-0.4, -0.2) is 30.7 Å². The summed E-state index contributed by atoms with van der Waals surface area (Å²) in [5, 5.41) is 2.90. The van der Waals surface area contributed by atoms with Gasteiger partial charge in [-0.2, -0.15) is 0 Å². The Bertz CT molecular complexity index is 262. The first-order valence-corrected chi connectivity index (χ1v) is 6.89. The molecule has 4 nitrogen and oxygen atoms in total. The van der Waals surface area contributed by atoms with E-state index in [9.17, 15) is 4.79 Å². The SMILES string of the molecule is Cl.NC1(C(=O)NCCOC2CCCC2)CCCC1. The molecule has 0 heterocycles. The average Bonchev–Trinajstić information content (AvgIpc) is 2.96. The van der Waals surface area contributed by atoms with E-state index in [1.807, 2.05) is 0 Å². The van der Waals surface area contributed by atoms with E-state index in [2.05, 4.69) is 5.32 Å². The van der Waals surface area contributed by atoms with Gasteiger partial charge in [-0.1, -0.05) is 25.7 Å². The molecule has 0 aromatic rings. The van der Waals surface area contributed by atoms with Crippen molar-refractivity contribution in [1.29, 1.82) is 0 Å². The third-order valence-corrected chi connectivity index (χ3v) is 3.99. The molecule has 0 radical (unpaired) electrons. The van der Waals surface area contributed by atoms with Crippen molar-refractivity contribution in [2.24, 2.45) is 5.73 Å². The normalized spacial score (nSPS) is 22.7. The number of carbonyl (C=O) groups excluding carboxylic acids is 1. The fraction of sp³-hybridized carbons (Fsp3) is 0.923. The maximum atomic E-state index is 11.9. The molecule has 0 aromatic heterocycles. The molecule has 106 valence electrons. The summed E-state index contributed by atoms with van der Waals surface area (Å²) in [4.78, 5) is 11.9. The van der Waals surface area contributed by atoms with E-state index in [-0.39, 0.29) is 18.3 Å². The van der Waals surface area contributed by atoms with Crippen LogP contribution in [0.3, 0.4) is 0 Å². The molecule has 2 aliphatic carbocycles. The Balaban J connectivity index is 0.00000162. The van der Waals surface area contributed by atoms with E-state index < -0.39 is 5.54 Å². The van der Waals surface area contributed by atoms with Gasteiger partial charge < -0.3 is 15.8 Å². The van der Waals surface area contributed by atoms with Crippen molar-refractivity contribution in [1.82, 2.24) is 5.32 Å². The van der Waals surface area contributed by atoms with Crippen LogP contribution in [0.5, 0.6) is 0 Å². The molecule has 0 unspecified atom stereocenters. The summed E-state index contributed by atoms with van der Waals surface area (Å²) in [5.41, 5.74) is 5.45. The van der Waals surface area contributed by atoms with Crippen LogP contribution in [0.25, 0.3) is 0 Å². The van der Waals surface area contributed by atoms with Crippen molar-refractivity contribution in [2.45, 2.75) is 63.0 Å². The van der Waals surface area contributed by atoms with Gasteiger partial charge in [-0.05, 0) is 25.7 Å². The maximum Gasteiger partial charge on any atom is 0.240 e. The number of rotatable bonds is 5. The monoisotopic (exact) mass is 276 g/mol. The van der Waals surface area contributed by atoms with E-state index in [4.69, 9.17) is 10.5 Å². The van der Waals surface area contributed by atoms with Gasteiger partial charge in [0.1, 0.15) is 0 Å². The molecule has 0 aliphatic heterocycles. The summed E-state index contributed by atoms with van der Waals surface area (Å²) in [6.07, 6.45) is 9.12. The Labute approximate surface area is 115 Å². The maximum absolute atomic E-state index is 11.9. The molecule has 2 aliphatic rings. The molecular formula is C13H25ClN2O2. The van der Waals surface area contributed by atoms with Crippen molar-refractivity contribution >= 4 is 18.3 Å². The van der Waals surface area contributed by atoms with E-state index >= 15 is 0 Å². The number of halogens is 1. The van der Waals surface area contributed by atoms with Crippen LogP contribution < -0.4 is 11.1 Å². The lowest BCUT2D eigenvalue weighted by Gasteiger charge is -2.22. The van der Waals surface area contributed by atoms with E-state index in [0.717, 1.165) is 25.7 Å². The van der Waals surface area contributed by atoms with Gasteiger partial charge in [-0.25, -0.2) is 0 Å². The van der Waals surface area contributed by atoms with Crippen molar-refractivity contribution in [3.05, 3.63) is 0 Å². The number of hydrogen-bond donors (Lipinski definition) is 2. The largest absolute Gasteiger partial charge is 0.376 e. The van der Waals surface area contributed by atoms with Crippen LogP contribution in [0.1, 0.15) is 51.4 Å². The zero-order chi connectivity index (χ0) is 12.1. The minimum absolute atomic E-state index is 0. The number of amides is 1. The smallest absolute Gasteiger partial charge is 0.240 e. The summed E-state index contributed by atoms with van der Waals surface area (Å²) in [6.45, 7) is 1.21. The number of ether oxygens (including phenoxy) is 1. The van der Waals surface area contributed by atoms with Crippen LogP contribution in [0.4, 0.5) is 0 Å². The standard InChI is InChI=1S/C13H24N2O2.ClH/c14-13(7-3-4-8-13)12(16)15-9-10-17-11-5-1-2-6-11;/h11H,1-10,14H2,(H,15,16);1H. The predicted molar refractivity (Wildman–Crippen MR) is 73.9 cm³/mol. The molecule has 18 heavy (non-hydrogen) atoms. The summed E-state index contributed by atoms with van der Waals surface area (Å²) in [5.74, 6) is 0.00465. The van der Waals surface area contributed by atoms with Crippen molar-refractivity contribution in [3.8, 4) is 0 Å². The molecule has 0 atom stereocenters. The van der Waals surface area contributed by atoms with Crippen LogP contribution in [0.2, 0.25) is 0 Å². The highest BCUT2D eigenvalue weighted by molar-refractivity contribution is 5.86. The Hall–Kier alpha value is -0.320. The van der Waals surface area contributed by atoms with Gasteiger partial charge in [-0.3, -0.25) is 4.79 Å². The Morgan fingerprint density at radius 2 is 1.83 bits per heavy atom. The van der Waals surface area contributed by atoms with Crippen molar-refractivity contribution < 1.29 is 9.53 Å². The lowest BCUT2D eigenvalue weighted by atomic mass is 9.98. The molecule has 2 saturated carbocycles. The second-order valence-corrected chi connectivity index (χ2v) is 5.40. The van der Waals surface area contributed by atoms with Gasteiger partial charge in [0.25, 0.3) is 0 Å². The fourth-order valence-electron chi connectivity index (χ4n) is 2.85. The van der Waals surface area contributed by atoms with Gasteiger partial charge in [0.05, 0.1) is 18.2 Å². The molecular weight excluding hydrogens is 252 g/mol. The zero-order valence-electron chi connectivity index (χ0n) is 11.0. The minimum atomic E-state index is -0.604. The molecule has 3 N–H and O–H groups in total. The minimum Gasteiger partial charge on any atom is -0.376 e. The average molecular weight is 277 g/mol. The van der Waals surface area contributed by atoms with E-state index in [1.54, 1.807) is 0 Å². The van der Waals surface area contributed by atoms with E-state index in [1.165, 1.54) is 25.7 Å². The van der Waals surface area contributed by atoms with Gasteiger partial charge in [-0.15, -0.1) is 12.4 Å². The molecule has 2 fully saturated rings. The number of nitrogens with one attached hydrogen (secondary N) is 1. The quantitative estimate of drug-likeness (QED) is 0.752. The Morgan fingerprint density at radius 1 is 1.22 bits per heavy atom. The molecule has 0 aromatic carbocycles. The molecule has 5 heteroatoms. The van der Waals surface area contributed by atoms with Crippen LogP contribution in [0, 0.1) is 0 Å². The van der Waals surface area contributed by atoms with Crippen molar-refractivity contribution in [2.75, 3.05) is 13.2 Å². The number of hydrogen-bond acceptors (Lipinski definition) is 3. The second-order valence-electron chi connectivity index (χ2n) is 5.40. The van der Waals surface area contributed by atoms with Gasteiger partial charge in [0, 0.05) is 6.54 Å². The first kappa shape index (κ1) is 15.7. The molecule has 1 amide bonds. The lowest BCUT2D eigenvalue weighted by molar-refractivity contribution is -0.126. The van der Waals surface area contributed by atoms with Crippen LogP contribution in [0.15, 0.2) is 0 Å². The predicted octanol–water partition coefficient (Wildman–Crippen LogP) is 1.76. The van der Waals surface area contributed by atoms with Crippen molar-refractivity contribution in [3.63, 3.8) is 0 Å². The Morgan fingerprint density at radius 3 is 2.44 bits per heavy atom. The highest BCUT2D eigenvalue weighted by Crippen LogP contribution is 2.27. The third kappa shape index (κ3) is 4.11. The van der Waals surface area contributed by atoms with Gasteiger partial charge in [0.2, 0.25) is 5.91 Å². The van der Waals surface area contributed by atoms with E-state index in [0.29, 0.717) is 19.3 Å². The Kier molecular flexibility index (Phi) is 6.39. The van der Waals surface area contributed by atoms with Gasteiger partial charge >= 0.3 is 0 Å². The third-order valence-electron chi connectivity index (χ3n) is 3.99. The molecule has 2 rings (SSSR count). The molecule has 0 bridgehead atoms. The summed E-state index contributed by atoms with van der Waals surface area (Å²) < 4.78 is 5.69. The number of carbonyl (C=O) groups is 1. The second kappa shape index (κ2) is 7.31. The lowest BCUT2D eigenvalue weighted by Crippen LogP contribution is -2.52. The topological polar surface area (TPSA) is 64.4 Å². The number of nitrogens with two attached hydrogens (primary N) is 1. The van der Waals surface area contributed by atoms with Gasteiger partial charge in [0.15, 0.2) is 0 Å². The van der Waals surface area contributed by atoms with Crippen LogP contribution >= 0.6 is 12.4 Å². The molecule has 0 spiro atoms. The summed E-state index contributed by atoms with van der Waals surface area (Å²) >= 11 is 0. The highest BCUT2D eigenvalue weighted by atomic mass is 35.5. The molecule has 0 saturated heterocycles. The first-order chi connectivity index (χ1) is 8.21. The first-order valence-electron chi connectivity index (χ1n) is 6.89. The zero-order valence-corrected chi connectivity index (χ0v) is 11.8. The summed E-state index contributed by atoms with van der Waals surface area (Å²) in [6, 6.07) is 0. The summed E-state index contributed by atoms with van der Waals surface area (Å²) in [7, 11) is 0. The van der Waals surface area contributed by atoms with Crippen LogP contribution in [-0.2, 0) is 9.53 Å².